The highest BCUT2D eigenvalue weighted by Crippen LogP contribution is 2.36. The van der Waals surface area contributed by atoms with E-state index in [1.165, 1.54) is 6.07 Å². The molecule has 0 atom stereocenters. The molecule has 0 fully saturated rings. The molecule has 0 aliphatic carbocycles. The Bertz CT molecular complexity index is 1280. The second kappa shape index (κ2) is 7.93. The molecule has 6 nitrogen and oxygen atoms in total. The van der Waals surface area contributed by atoms with Crippen molar-refractivity contribution in [3.8, 4) is 0 Å². The summed E-state index contributed by atoms with van der Waals surface area (Å²) in [4.78, 5) is 19.5. The van der Waals surface area contributed by atoms with Gasteiger partial charge in [0.1, 0.15) is 5.52 Å². The molecule has 30 heavy (non-hydrogen) atoms. The molecule has 2 aromatic carbocycles. The molecule has 0 radical (unpaired) electrons. The predicted molar refractivity (Wildman–Crippen MR) is 110 cm³/mol. The summed E-state index contributed by atoms with van der Waals surface area (Å²) in [7, 11) is 0. The molecule has 0 bridgehead atoms. The van der Waals surface area contributed by atoms with Crippen molar-refractivity contribution in [3.05, 3.63) is 52.0 Å². The first-order valence-electron chi connectivity index (χ1n) is 8.32. The first kappa shape index (κ1) is 20.7. The lowest BCUT2D eigenvalue weighted by atomic mass is 10.2. The van der Waals surface area contributed by atoms with Crippen molar-refractivity contribution >= 4 is 68.6 Å². The molecule has 0 saturated carbocycles. The maximum atomic E-state index is 12.9. The quantitative estimate of drug-likeness (QED) is 0.380. The summed E-state index contributed by atoms with van der Waals surface area (Å²) in [5, 5.41) is 11.6. The molecule has 0 aliphatic heterocycles. The summed E-state index contributed by atoms with van der Waals surface area (Å²) in [5.41, 5.74) is 0.782. The van der Waals surface area contributed by atoms with Gasteiger partial charge in [-0.25, -0.2) is 4.98 Å². The number of halogens is 5. The van der Waals surface area contributed by atoms with Crippen LogP contribution in [-0.4, -0.2) is 31.8 Å². The summed E-state index contributed by atoms with van der Waals surface area (Å²) in [6.45, 7) is 0. The number of aromatic nitrogens is 4. The van der Waals surface area contributed by atoms with Gasteiger partial charge in [-0.1, -0.05) is 35.0 Å². The largest absolute Gasteiger partial charge is 0.417 e. The van der Waals surface area contributed by atoms with Crippen molar-refractivity contribution in [1.29, 1.82) is 0 Å². The molecule has 2 aromatic heterocycles. The lowest BCUT2D eigenvalue weighted by Gasteiger charge is -2.11. The number of amides is 1. The molecule has 12 heteroatoms. The monoisotopic (exact) mass is 471 g/mol. The Balaban J connectivity index is 1.46. The Labute approximate surface area is 181 Å². The van der Waals surface area contributed by atoms with Gasteiger partial charge in [-0.2, -0.15) is 13.2 Å². The van der Waals surface area contributed by atoms with Gasteiger partial charge in [0, 0.05) is 21.6 Å². The van der Waals surface area contributed by atoms with Crippen LogP contribution >= 0.6 is 35.0 Å². The second-order valence-corrected chi connectivity index (χ2v) is 7.92. The highest BCUT2D eigenvalue weighted by atomic mass is 35.5. The third kappa shape index (κ3) is 4.30. The van der Waals surface area contributed by atoms with E-state index in [9.17, 15) is 18.0 Å². The number of carbonyl (C=O) groups is 1. The lowest BCUT2D eigenvalue weighted by Crippen LogP contribution is -2.15. The van der Waals surface area contributed by atoms with Crippen molar-refractivity contribution in [2.45, 2.75) is 11.3 Å². The first-order chi connectivity index (χ1) is 14.2. The molecule has 0 saturated heterocycles. The fourth-order valence-electron chi connectivity index (χ4n) is 2.74. The fourth-order valence-corrected chi connectivity index (χ4v) is 3.72. The average molecular weight is 472 g/mol. The number of alkyl halides is 3. The minimum Gasteiger partial charge on any atom is -0.338 e. The first-order valence-corrected chi connectivity index (χ1v) is 10.1. The number of carbonyl (C=O) groups excluding carboxylic acids is 1. The number of aromatic amines is 1. The molecule has 0 aliphatic rings. The van der Waals surface area contributed by atoms with Crippen LogP contribution in [0.15, 0.2) is 41.6 Å². The second-order valence-electron chi connectivity index (χ2n) is 6.14. The van der Waals surface area contributed by atoms with Crippen LogP contribution in [0.3, 0.4) is 0 Å². The van der Waals surface area contributed by atoms with Crippen molar-refractivity contribution in [3.63, 3.8) is 0 Å². The van der Waals surface area contributed by atoms with Gasteiger partial charge >= 0.3 is 6.18 Å². The third-order valence-corrected chi connectivity index (χ3v) is 5.45. The zero-order valence-electron chi connectivity index (χ0n) is 14.7. The number of anilines is 1. The Hall–Kier alpha value is -2.56. The number of hydrogen-bond donors (Lipinski definition) is 2. The maximum absolute atomic E-state index is 12.9. The van der Waals surface area contributed by atoms with Crippen LogP contribution in [0.25, 0.3) is 22.1 Å². The summed E-state index contributed by atoms with van der Waals surface area (Å²) in [6, 6.07) is 8.42. The van der Waals surface area contributed by atoms with E-state index >= 15 is 0 Å². The lowest BCUT2D eigenvalue weighted by molar-refractivity contribution is -0.137. The van der Waals surface area contributed by atoms with E-state index in [2.05, 4.69) is 25.5 Å². The van der Waals surface area contributed by atoms with E-state index in [-0.39, 0.29) is 16.6 Å². The Morgan fingerprint density at radius 2 is 1.93 bits per heavy atom. The predicted octanol–water partition coefficient (Wildman–Crippen LogP) is 5.56. The molecular weight excluding hydrogens is 462 g/mol. The summed E-state index contributed by atoms with van der Waals surface area (Å²) in [5.74, 6) is -0.647. The van der Waals surface area contributed by atoms with E-state index in [1.807, 2.05) is 0 Å². The minimum absolute atomic E-state index is 0.0145. The summed E-state index contributed by atoms with van der Waals surface area (Å²) >= 11 is 12.6. The van der Waals surface area contributed by atoms with Crippen LogP contribution in [0, 0.1) is 0 Å². The van der Waals surface area contributed by atoms with Gasteiger partial charge in [-0.3, -0.25) is 4.79 Å². The van der Waals surface area contributed by atoms with Crippen LogP contribution in [0.1, 0.15) is 5.56 Å². The van der Waals surface area contributed by atoms with Crippen molar-refractivity contribution in [1.82, 2.24) is 20.2 Å². The zero-order valence-corrected chi connectivity index (χ0v) is 17.0. The minimum atomic E-state index is -4.62. The fraction of sp³-hybridized carbons (Fsp3) is 0.111. The van der Waals surface area contributed by atoms with Gasteiger partial charge in [0.05, 0.1) is 16.3 Å². The Morgan fingerprint density at radius 1 is 1.13 bits per heavy atom. The molecule has 0 spiro atoms. The summed E-state index contributed by atoms with van der Waals surface area (Å²) < 4.78 is 38.8. The molecule has 4 aromatic rings. The standard InChI is InChI=1S/C18H10Cl2F3N5OS/c19-8-1-4-13-10(5-8)15-16(25-13)26-17(28-27-15)30-7-14(29)24-9-2-3-12(20)11(6-9)18(21,22)23/h1-6H,7H2,(H,24,29)(H,25,26,28). The van der Waals surface area contributed by atoms with Crippen LogP contribution in [0.2, 0.25) is 10.0 Å². The van der Waals surface area contributed by atoms with E-state index in [1.54, 1.807) is 18.2 Å². The number of thioether (sulfide) groups is 1. The molecule has 1 amide bonds. The van der Waals surface area contributed by atoms with Gasteiger partial charge in [-0.15, -0.1) is 10.2 Å². The van der Waals surface area contributed by atoms with E-state index in [0.29, 0.717) is 16.2 Å². The molecular formula is C18H10Cl2F3N5OS. The van der Waals surface area contributed by atoms with Gasteiger partial charge in [-0.05, 0) is 36.4 Å². The summed E-state index contributed by atoms with van der Waals surface area (Å²) in [6.07, 6.45) is -4.62. The normalized spacial score (nSPS) is 11.9. The average Bonchev–Trinajstić information content (AvgIpc) is 3.04. The van der Waals surface area contributed by atoms with Gasteiger partial charge < -0.3 is 10.3 Å². The van der Waals surface area contributed by atoms with Crippen LogP contribution in [-0.2, 0) is 11.0 Å². The third-order valence-electron chi connectivity index (χ3n) is 4.04. The number of nitrogens with zero attached hydrogens (tertiary/aromatic N) is 3. The molecule has 154 valence electrons. The van der Waals surface area contributed by atoms with Gasteiger partial charge in [0.15, 0.2) is 5.65 Å². The van der Waals surface area contributed by atoms with Gasteiger partial charge in [0.2, 0.25) is 11.1 Å². The van der Waals surface area contributed by atoms with E-state index in [0.717, 1.165) is 34.8 Å². The number of benzene rings is 2. The molecule has 2 N–H and O–H groups in total. The van der Waals surface area contributed by atoms with Crippen LogP contribution in [0.4, 0.5) is 18.9 Å². The smallest absolute Gasteiger partial charge is 0.338 e. The maximum Gasteiger partial charge on any atom is 0.417 e. The van der Waals surface area contributed by atoms with E-state index in [4.69, 9.17) is 23.2 Å². The number of hydrogen-bond acceptors (Lipinski definition) is 5. The Kier molecular flexibility index (Phi) is 5.48. The topological polar surface area (TPSA) is 83.6 Å². The van der Waals surface area contributed by atoms with Crippen molar-refractivity contribution < 1.29 is 18.0 Å². The Morgan fingerprint density at radius 3 is 2.70 bits per heavy atom. The zero-order chi connectivity index (χ0) is 21.5. The number of H-pyrrole nitrogens is 1. The number of fused-ring (bicyclic) bond motifs is 3. The van der Waals surface area contributed by atoms with Crippen molar-refractivity contribution in [2.75, 3.05) is 11.1 Å². The van der Waals surface area contributed by atoms with Crippen molar-refractivity contribution in [2.24, 2.45) is 0 Å². The van der Waals surface area contributed by atoms with E-state index < -0.39 is 22.7 Å². The molecule has 4 rings (SSSR count). The SMILES string of the molecule is O=C(CSc1nnc2c(n1)[nH]c1ccc(Cl)cc12)Nc1ccc(Cl)c(C(F)(F)F)c1. The number of rotatable bonds is 4. The highest BCUT2D eigenvalue weighted by Gasteiger charge is 2.33. The molecule has 2 heterocycles. The highest BCUT2D eigenvalue weighted by molar-refractivity contribution is 7.99. The van der Waals surface area contributed by atoms with Crippen LogP contribution in [0.5, 0.6) is 0 Å². The number of nitrogens with one attached hydrogen (secondary N) is 2. The van der Waals surface area contributed by atoms with Gasteiger partial charge in [0.25, 0.3) is 0 Å². The molecule has 0 unspecified atom stereocenters. The van der Waals surface area contributed by atoms with Crippen LogP contribution < -0.4 is 5.32 Å².